The Morgan fingerprint density at radius 2 is 1.90 bits per heavy atom. The summed E-state index contributed by atoms with van der Waals surface area (Å²) in [6.45, 7) is 4.61. The molecule has 2 aromatic rings. The lowest BCUT2D eigenvalue weighted by Crippen LogP contribution is -2.37. The average molecular weight is 410 g/mol. The van der Waals surface area contributed by atoms with E-state index in [1.165, 1.54) is 7.05 Å². The van der Waals surface area contributed by atoms with Gasteiger partial charge in [0.15, 0.2) is 5.69 Å². The van der Waals surface area contributed by atoms with Crippen molar-refractivity contribution in [3.63, 3.8) is 0 Å². The van der Waals surface area contributed by atoms with Gasteiger partial charge in [-0.25, -0.2) is 0 Å². The van der Waals surface area contributed by atoms with Crippen LogP contribution in [0.2, 0.25) is 0 Å². The molecule has 9 heteroatoms. The van der Waals surface area contributed by atoms with E-state index in [9.17, 15) is 18.0 Å². The normalized spacial score (nSPS) is 16.0. The molecular formula is C20H25F3N4O2. The molecule has 0 bridgehead atoms. The van der Waals surface area contributed by atoms with Gasteiger partial charge in [0.25, 0.3) is 5.91 Å². The SMILES string of the molecule is CCOc1ccc(C(CNC(=O)c2cc(C(F)(F)F)nn2C)N2CCCC2)cc1. The number of benzene rings is 1. The van der Waals surface area contributed by atoms with Crippen LogP contribution >= 0.6 is 0 Å². The molecular weight excluding hydrogens is 385 g/mol. The molecule has 1 N–H and O–H groups in total. The number of nitrogens with one attached hydrogen (secondary N) is 1. The molecule has 0 aliphatic carbocycles. The summed E-state index contributed by atoms with van der Waals surface area (Å²) in [5.41, 5.74) is -0.173. The number of likely N-dealkylation sites (tertiary alicyclic amines) is 1. The number of nitrogens with zero attached hydrogens (tertiary/aromatic N) is 3. The maximum absolute atomic E-state index is 12.8. The van der Waals surface area contributed by atoms with E-state index < -0.39 is 17.8 Å². The smallest absolute Gasteiger partial charge is 0.435 e. The number of aromatic nitrogens is 2. The van der Waals surface area contributed by atoms with Crippen molar-refractivity contribution in [3.05, 3.63) is 47.3 Å². The largest absolute Gasteiger partial charge is 0.494 e. The van der Waals surface area contributed by atoms with Gasteiger partial charge in [0.2, 0.25) is 0 Å². The minimum absolute atomic E-state index is 0.0626. The van der Waals surface area contributed by atoms with Crippen LogP contribution in [0, 0.1) is 0 Å². The highest BCUT2D eigenvalue weighted by Gasteiger charge is 2.35. The molecule has 1 saturated heterocycles. The Labute approximate surface area is 167 Å². The zero-order valence-electron chi connectivity index (χ0n) is 16.5. The maximum Gasteiger partial charge on any atom is 0.435 e. The van der Waals surface area contributed by atoms with E-state index in [-0.39, 0.29) is 11.7 Å². The first kappa shape index (κ1) is 21.2. The molecule has 1 fully saturated rings. The topological polar surface area (TPSA) is 59.4 Å². The van der Waals surface area contributed by atoms with Gasteiger partial charge in [0.1, 0.15) is 11.4 Å². The molecule has 6 nitrogen and oxygen atoms in total. The summed E-state index contributed by atoms with van der Waals surface area (Å²) < 4.78 is 45.0. The molecule has 1 atom stereocenters. The van der Waals surface area contributed by atoms with Crippen molar-refractivity contribution in [2.24, 2.45) is 7.05 Å². The minimum atomic E-state index is -4.59. The first-order valence-electron chi connectivity index (χ1n) is 9.66. The van der Waals surface area contributed by atoms with Gasteiger partial charge in [0.05, 0.1) is 12.6 Å². The summed E-state index contributed by atoms with van der Waals surface area (Å²) >= 11 is 0. The Balaban J connectivity index is 1.73. The van der Waals surface area contributed by atoms with Gasteiger partial charge in [-0.1, -0.05) is 12.1 Å². The number of carbonyl (C=O) groups excluding carboxylic acids is 1. The number of aryl methyl sites for hydroxylation is 1. The van der Waals surface area contributed by atoms with E-state index >= 15 is 0 Å². The molecule has 1 aromatic carbocycles. The first-order chi connectivity index (χ1) is 13.8. The van der Waals surface area contributed by atoms with Crippen molar-refractivity contribution in [3.8, 4) is 5.75 Å². The first-order valence-corrected chi connectivity index (χ1v) is 9.66. The van der Waals surface area contributed by atoms with Crippen LogP contribution in [-0.2, 0) is 13.2 Å². The molecule has 1 aliphatic heterocycles. The lowest BCUT2D eigenvalue weighted by molar-refractivity contribution is -0.141. The van der Waals surface area contributed by atoms with Gasteiger partial charge >= 0.3 is 6.18 Å². The van der Waals surface area contributed by atoms with E-state index in [1.54, 1.807) is 0 Å². The fraction of sp³-hybridized carbons (Fsp3) is 0.500. The fourth-order valence-corrected chi connectivity index (χ4v) is 3.56. The second kappa shape index (κ2) is 8.86. The van der Waals surface area contributed by atoms with Crippen LogP contribution in [0.5, 0.6) is 5.75 Å². The summed E-state index contributed by atoms with van der Waals surface area (Å²) in [6, 6.07) is 8.42. The van der Waals surface area contributed by atoms with Crippen LogP contribution < -0.4 is 10.1 Å². The van der Waals surface area contributed by atoms with Gasteiger partial charge < -0.3 is 10.1 Å². The molecule has 158 valence electrons. The molecule has 0 radical (unpaired) electrons. The summed E-state index contributed by atoms with van der Waals surface area (Å²) in [6.07, 6.45) is -2.42. The number of hydrogen-bond acceptors (Lipinski definition) is 4. The monoisotopic (exact) mass is 410 g/mol. The third-order valence-electron chi connectivity index (χ3n) is 5.02. The number of alkyl halides is 3. The van der Waals surface area contributed by atoms with Crippen LogP contribution in [0.15, 0.2) is 30.3 Å². The van der Waals surface area contributed by atoms with Crippen LogP contribution in [0.3, 0.4) is 0 Å². The Morgan fingerprint density at radius 1 is 1.24 bits per heavy atom. The second-order valence-electron chi connectivity index (χ2n) is 7.01. The minimum Gasteiger partial charge on any atom is -0.494 e. The highest BCUT2D eigenvalue weighted by Crippen LogP contribution is 2.29. The third kappa shape index (κ3) is 5.09. The van der Waals surface area contributed by atoms with E-state index in [4.69, 9.17) is 4.74 Å². The van der Waals surface area contributed by atoms with Crippen molar-refractivity contribution in [2.45, 2.75) is 32.0 Å². The zero-order valence-corrected chi connectivity index (χ0v) is 16.5. The molecule has 0 saturated carbocycles. The van der Waals surface area contributed by atoms with Crippen LogP contribution in [0.4, 0.5) is 13.2 Å². The molecule has 1 amide bonds. The highest BCUT2D eigenvalue weighted by molar-refractivity contribution is 5.92. The van der Waals surface area contributed by atoms with Gasteiger partial charge in [-0.05, 0) is 50.6 Å². The van der Waals surface area contributed by atoms with Gasteiger partial charge in [-0.2, -0.15) is 18.3 Å². The molecule has 1 unspecified atom stereocenters. The molecule has 2 heterocycles. The fourth-order valence-electron chi connectivity index (χ4n) is 3.56. The van der Waals surface area contributed by atoms with E-state index in [0.29, 0.717) is 13.2 Å². The van der Waals surface area contributed by atoms with Crippen molar-refractivity contribution < 1.29 is 22.7 Å². The highest BCUT2D eigenvalue weighted by atomic mass is 19.4. The summed E-state index contributed by atoms with van der Waals surface area (Å²) in [5.74, 6) is 0.195. The predicted molar refractivity (Wildman–Crippen MR) is 102 cm³/mol. The standard InChI is InChI=1S/C20H25F3N4O2/c1-3-29-15-8-6-14(7-9-15)17(27-10-4-5-11-27)13-24-19(28)16-12-18(20(21,22)23)25-26(16)2/h6-9,12,17H,3-5,10-11,13H2,1-2H3,(H,24,28). The van der Waals surface area contributed by atoms with Gasteiger partial charge in [-0.3, -0.25) is 14.4 Å². The second-order valence-corrected chi connectivity index (χ2v) is 7.01. The Kier molecular flexibility index (Phi) is 6.46. The number of halogens is 3. The Bertz CT molecular complexity index is 827. The summed E-state index contributed by atoms with van der Waals surface area (Å²) in [7, 11) is 1.33. The van der Waals surface area contributed by atoms with Crippen molar-refractivity contribution in [1.29, 1.82) is 0 Å². The molecule has 3 rings (SSSR count). The number of ether oxygens (including phenoxy) is 1. The lowest BCUT2D eigenvalue weighted by Gasteiger charge is -2.28. The number of amides is 1. The maximum atomic E-state index is 12.8. The average Bonchev–Trinajstić information content (AvgIpc) is 3.33. The molecule has 1 aromatic heterocycles. The quantitative estimate of drug-likeness (QED) is 0.760. The zero-order chi connectivity index (χ0) is 21.0. The summed E-state index contributed by atoms with van der Waals surface area (Å²) in [5, 5.41) is 6.18. The predicted octanol–water partition coefficient (Wildman–Crippen LogP) is 3.40. The number of rotatable bonds is 7. The van der Waals surface area contributed by atoms with Gasteiger partial charge in [0, 0.05) is 19.7 Å². The lowest BCUT2D eigenvalue weighted by atomic mass is 10.1. The summed E-state index contributed by atoms with van der Waals surface area (Å²) in [4.78, 5) is 14.8. The Morgan fingerprint density at radius 3 is 2.45 bits per heavy atom. The number of carbonyl (C=O) groups is 1. The Hall–Kier alpha value is -2.55. The van der Waals surface area contributed by atoms with Crippen molar-refractivity contribution in [2.75, 3.05) is 26.2 Å². The third-order valence-corrected chi connectivity index (χ3v) is 5.02. The molecule has 0 spiro atoms. The molecule has 1 aliphatic rings. The van der Waals surface area contributed by atoms with Crippen molar-refractivity contribution in [1.82, 2.24) is 20.0 Å². The van der Waals surface area contributed by atoms with Gasteiger partial charge in [-0.15, -0.1) is 0 Å². The van der Waals surface area contributed by atoms with E-state index in [0.717, 1.165) is 48.0 Å². The van der Waals surface area contributed by atoms with Crippen LogP contribution in [0.1, 0.15) is 47.6 Å². The molecule has 29 heavy (non-hydrogen) atoms. The van der Waals surface area contributed by atoms with E-state index in [2.05, 4.69) is 15.3 Å². The number of hydrogen-bond donors (Lipinski definition) is 1. The van der Waals surface area contributed by atoms with Crippen molar-refractivity contribution >= 4 is 5.91 Å². The van der Waals surface area contributed by atoms with Crippen LogP contribution in [0.25, 0.3) is 0 Å². The van der Waals surface area contributed by atoms with E-state index in [1.807, 2.05) is 31.2 Å². The van der Waals surface area contributed by atoms with Crippen LogP contribution in [-0.4, -0.2) is 46.8 Å².